The third kappa shape index (κ3) is 4.64. The van der Waals surface area contributed by atoms with Crippen molar-refractivity contribution in [3.63, 3.8) is 0 Å². The van der Waals surface area contributed by atoms with Crippen molar-refractivity contribution < 1.29 is 14.7 Å². The van der Waals surface area contributed by atoms with Gasteiger partial charge < -0.3 is 10.0 Å². The van der Waals surface area contributed by atoms with Gasteiger partial charge in [0, 0.05) is 12.6 Å². The fourth-order valence-electron chi connectivity index (χ4n) is 1.51. The smallest absolute Gasteiger partial charge is 0.315 e. The number of rotatable bonds is 7. The van der Waals surface area contributed by atoms with E-state index in [0.29, 0.717) is 6.54 Å². The van der Waals surface area contributed by atoms with Crippen LogP contribution in [0.25, 0.3) is 0 Å². The number of carbonyl (C=O) groups excluding carboxylic acids is 1. The highest BCUT2D eigenvalue weighted by Gasteiger charge is 2.27. The van der Waals surface area contributed by atoms with Gasteiger partial charge in [0.05, 0.1) is 0 Å². The zero-order valence-electron chi connectivity index (χ0n) is 10.7. The lowest BCUT2D eigenvalue weighted by Crippen LogP contribution is -2.42. The maximum absolute atomic E-state index is 11.9. The number of amides is 1. The van der Waals surface area contributed by atoms with Gasteiger partial charge in [-0.15, -0.1) is 0 Å². The Morgan fingerprint density at radius 1 is 1.19 bits per heavy atom. The molecule has 0 heterocycles. The minimum Gasteiger partial charge on any atom is -0.481 e. The third-order valence-corrected chi connectivity index (χ3v) is 2.65. The van der Waals surface area contributed by atoms with Crippen molar-refractivity contribution in [1.82, 2.24) is 4.90 Å². The molecule has 0 aromatic heterocycles. The largest absolute Gasteiger partial charge is 0.481 e. The number of hydrogen-bond acceptors (Lipinski definition) is 2. The van der Waals surface area contributed by atoms with Crippen molar-refractivity contribution in [3.05, 3.63) is 0 Å². The molecule has 4 heteroatoms. The van der Waals surface area contributed by atoms with Gasteiger partial charge in [-0.25, -0.2) is 0 Å². The van der Waals surface area contributed by atoms with Gasteiger partial charge in [-0.2, -0.15) is 0 Å². The Hall–Kier alpha value is -1.06. The topological polar surface area (TPSA) is 57.6 Å². The van der Waals surface area contributed by atoms with E-state index < -0.39 is 11.9 Å². The molecule has 0 radical (unpaired) electrons. The number of unbranched alkanes of at least 4 members (excludes halogenated alkanes) is 2. The average Bonchev–Trinajstić information content (AvgIpc) is 2.21. The lowest BCUT2D eigenvalue weighted by Gasteiger charge is -2.28. The SMILES string of the molecule is CCCCCN(C(=O)C(C)C(=O)O)C(C)C. The van der Waals surface area contributed by atoms with Crippen LogP contribution in [0, 0.1) is 5.92 Å². The van der Waals surface area contributed by atoms with Gasteiger partial charge in [-0.1, -0.05) is 19.8 Å². The molecule has 0 saturated carbocycles. The molecule has 0 aliphatic carbocycles. The summed E-state index contributed by atoms with van der Waals surface area (Å²) in [5.41, 5.74) is 0. The van der Waals surface area contributed by atoms with Crippen LogP contribution < -0.4 is 0 Å². The molecule has 16 heavy (non-hydrogen) atoms. The highest BCUT2D eigenvalue weighted by Crippen LogP contribution is 2.09. The van der Waals surface area contributed by atoms with Crippen LogP contribution in [0.5, 0.6) is 0 Å². The van der Waals surface area contributed by atoms with Crippen LogP contribution in [0.4, 0.5) is 0 Å². The van der Waals surface area contributed by atoms with Crippen LogP contribution in [0.15, 0.2) is 0 Å². The van der Waals surface area contributed by atoms with Crippen LogP contribution in [-0.4, -0.2) is 34.5 Å². The average molecular weight is 229 g/mol. The summed E-state index contributed by atoms with van der Waals surface area (Å²) in [5.74, 6) is -2.27. The summed E-state index contributed by atoms with van der Waals surface area (Å²) >= 11 is 0. The highest BCUT2D eigenvalue weighted by atomic mass is 16.4. The molecule has 94 valence electrons. The van der Waals surface area contributed by atoms with Crippen molar-refractivity contribution in [2.45, 2.75) is 53.0 Å². The number of aliphatic carboxylic acids is 1. The maximum Gasteiger partial charge on any atom is 0.315 e. The van der Waals surface area contributed by atoms with Crippen molar-refractivity contribution >= 4 is 11.9 Å². The van der Waals surface area contributed by atoms with Crippen molar-refractivity contribution in [3.8, 4) is 0 Å². The number of nitrogens with zero attached hydrogens (tertiary/aromatic N) is 1. The second-order valence-corrected chi connectivity index (χ2v) is 4.39. The fourth-order valence-corrected chi connectivity index (χ4v) is 1.51. The zero-order valence-corrected chi connectivity index (χ0v) is 10.7. The van der Waals surface area contributed by atoms with Crippen molar-refractivity contribution in [2.75, 3.05) is 6.54 Å². The Balaban J connectivity index is 4.41. The van der Waals surface area contributed by atoms with Gasteiger partial charge in [-0.3, -0.25) is 9.59 Å². The summed E-state index contributed by atoms with van der Waals surface area (Å²) in [6.45, 7) is 8.03. The van der Waals surface area contributed by atoms with Gasteiger partial charge in [-0.05, 0) is 27.2 Å². The van der Waals surface area contributed by atoms with Crippen molar-refractivity contribution in [2.24, 2.45) is 5.92 Å². The first kappa shape index (κ1) is 14.9. The van der Waals surface area contributed by atoms with E-state index in [1.165, 1.54) is 6.92 Å². The molecule has 1 N–H and O–H groups in total. The number of carboxylic acid groups (broad SMARTS) is 1. The molecular formula is C12H23NO3. The maximum atomic E-state index is 11.9. The molecule has 1 atom stereocenters. The van der Waals surface area contributed by atoms with E-state index in [4.69, 9.17) is 5.11 Å². The Bertz CT molecular complexity index is 238. The summed E-state index contributed by atoms with van der Waals surface area (Å²) in [7, 11) is 0. The van der Waals surface area contributed by atoms with Crippen molar-refractivity contribution in [1.29, 1.82) is 0 Å². The van der Waals surface area contributed by atoms with Crippen LogP contribution in [0.2, 0.25) is 0 Å². The number of hydrogen-bond donors (Lipinski definition) is 1. The molecule has 0 aromatic carbocycles. The molecule has 1 unspecified atom stereocenters. The lowest BCUT2D eigenvalue weighted by atomic mass is 10.1. The van der Waals surface area contributed by atoms with E-state index >= 15 is 0 Å². The monoisotopic (exact) mass is 229 g/mol. The molecule has 4 nitrogen and oxygen atoms in total. The van der Waals surface area contributed by atoms with E-state index in [2.05, 4.69) is 6.92 Å². The molecule has 0 aromatic rings. The molecule has 0 saturated heterocycles. The van der Waals surface area contributed by atoms with Crippen LogP contribution >= 0.6 is 0 Å². The van der Waals surface area contributed by atoms with E-state index in [0.717, 1.165) is 19.3 Å². The Morgan fingerprint density at radius 3 is 2.12 bits per heavy atom. The normalized spacial score (nSPS) is 12.6. The lowest BCUT2D eigenvalue weighted by molar-refractivity contribution is -0.151. The molecule has 0 fully saturated rings. The molecular weight excluding hydrogens is 206 g/mol. The predicted molar refractivity (Wildman–Crippen MR) is 63.2 cm³/mol. The minimum absolute atomic E-state index is 0.0613. The predicted octanol–water partition coefficient (Wildman–Crippen LogP) is 2.13. The van der Waals surface area contributed by atoms with Crippen LogP contribution in [0.1, 0.15) is 47.0 Å². The summed E-state index contributed by atoms with van der Waals surface area (Å²) in [4.78, 5) is 24.3. The Labute approximate surface area is 97.6 Å². The number of carboxylic acids is 1. The van der Waals surface area contributed by atoms with Crippen LogP contribution in [-0.2, 0) is 9.59 Å². The Morgan fingerprint density at radius 2 is 1.75 bits per heavy atom. The van der Waals surface area contributed by atoms with Gasteiger partial charge in [0.25, 0.3) is 0 Å². The second-order valence-electron chi connectivity index (χ2n) is 4.39. The highest BCUT2D eigenvalue weighted by molar-refractivity contribution is 5.96. The molecule has 1 amide bonds. The molecule has 0 bridgehead atoms. The molecule has 0 spiro atoms. The first-order valence-corrected chi connectivity index (χ1v) is 5.95. The van der Waals surface area contributed by atoms with E-state index in [9.17, 15) is 9.59 Å². The second kappa shape index (κ2) is 7.25. The minimum atomic E-state index is -1.05. The van der Waals surface area contributed by atoms with E-state index in [1.54, 1.807) is 4.90 Å². The summed E-state index contributed by atoms with van der Waals surface area (Å²) < 4.78 is 0. The standard InChI is InChI=1S/C12H23NO3/c1-5-6-7-8-13(9(2)3)11(14)10(4)12(15)16/h9-10H,5-8H2,1-4H3,(H,15,16). The van der Waals surface area contributed by atoms with Gasteiger partial charge >= 0.3 is 5.97 Å². The van der Waals surface area contributed by atoms with Gasteiger partial charge in [0.1, 0.15) is 5.92 Å². The van der Waals surface area contributed by atoms with Crippen LogP contribution in [0.3, 0.4) is 0 Å². The fraction of sp³-hybridized carbons (Fsp3) is 0.833. The summed E-state index contributed by atoms with van der Waals surface area (Å²) in [6, 6.07) is 0.0613. The summed E-state index contributed by atoms with van der Waals surface area (Å²) in [6.07, 6.45) is 3.10. The molecule has 0 aliphatic rings. The summed E-state index contributed by atoms with van der Waals surface area (Å²) in [5, 5.41) is 8.81. The quantitative estimate of drug-likeness (QED) is 0.537. The third-order valence-electron chi connectivity index (χ3n) is 2.65. The van der Waals surface area contributed by atoms with E-state index in [-0.39, 0.29) is 11.9 Å². The first-order chi connectivity index (χ1) is 7.41. The molecule has 0 aliphatic heterocycles. The number of carbonyl (C=O) groups is 2. The van der Waals surface area contributed by atoms with E-state index in [1.807, 2.05) is 13.8 Å². The first-order valence-electron chi connectivity index (χ1n) is 5.95. The van der Waals surface area contributed by atoms with Gasteiger partial charge in [0.15, 0.2) is 0 Å². The molecule has 0 rings (SSSR count). The van der Waals surface area contributed by atoms with Gasteiger partial charge in [0.2, 0.25) is 5.91 Å². The Kier molecular flexibility index (Phi) is 6.77. The zero-order chi connectivity index (χ0) is 12.7.